The quantitative estimate of drug-likeness (QED) is 0.604. The minimum Gasteiger partial charge on any atom is -0.323 e. The van der Waals surface area contributed by atoms with Crippen LogP contribution in [0.2, 0.25) is 0 Å². The average Bonchev–Trinajstić information content (AvgIpc) is 2.45. The van der Waals surface area contributed by atoms with E-state index in [1.165, 1.54) is 22.9 Å². The predicted molar refractivity (Wildman–Crippen MR) is 83.8 cm³/mol. The first-order chi connectivity index (χ1) is 9.84. The minimum atomic E-state index is -3.34. The van der Waals surface area contributed by atoms with Crippen molar-refractivity contribution < 1.29 is 13.2 Å². The van der Waals surface area contributed by atoms with E-state index in [1.54, 1.807) is 13.0 Å². The van der Waals surface area contributed by atoms with Crippen LogP contribution in [-0.2, 0) is 9.84 Å². The standard InChI is InChI=1S/C12H18N4O3S2/c1-8-5-10(15-13)9(6-14-8)12(17)16-3-4-20-7-11(16)21(2,18)19/h5-6,11H,3-4,7,13H2,1-2H3,(H,14,15). The number of aromatic nitrogens is 1. The molecule has 2 heterocycles. The Morgan fingerprint density at radius 1 is 1.57 bits per heavy atom. The molecule has 1 aromatic rings. The van der Waals surface area contributed by atoms with Gasteiger partial charge in [-0.05, 0) is 13.0 Å². The van der Waals surface area contributed by atoms with Crippen molar-refractivity contribution in [2.24, 2.45) is 5.84 Å². The van der Waals surface area contributed by atoms with Crippen LogP contribution < -0.4 is 11.3 Å². The number of sulfone groups is 1. The highest BCUT2D eigenvalue weighted by Gasteiger charge is 2.35. The summed E-state index contributed by atoms with van der Waals surface area (Å²) in [6.07, 6.45) is 2.58. The number of pyridine rings is 1. The molecule has 0 aromatic carbocycles. The van der Waals surface area contributed by atoms with Gasteiger partial charge in [-0.25, -0.2) is 8.42 Å². The van der Waals surface area contributed by atoms with Gasteiger partial charge in [0.1, 0.15) is 5.37 Å². The number of nitrogens with one attached hydrogen (secondary N) is 1. The van der Waals surface area contributed by atoms with E-state index in [1.807, 2.05) is 0 Å². The number of nitrogens with two attached hydrogens (primary N) is 1. The number of hydrogen-bond donors (Lipinski definition) is 2. The molecule has 1 amide bonds. The number of hydrogen-bond acceptors (Lipinski definition) is 7. The zero-order valence-electron chi connectivity index (χ0n) is 11.9. The number of hydrazine groups is 1. The van der Waals surface area contributed by atoms with Gasteiger partial charge in [0.2, 0.25) is 0 Å². The SMILES string of the molecule is Cc1cc(NN)c(C(=O)N2CCSCC2S(C)(=O)=O)cn1. The Morgan fingerprint density at radius 3 is 2.90 bits per heavy atom. The van der Waals surface area contributed by atoms with Gasteiger partial charge in [0.05, 0.1) is 11.3 Å². The van der Waals surface area contributed by atoms with E-state index in [9.17, 15) is 13.2 Å². The number of nitrogens with zero attached hydrogens (tertiary/aromatic N) is 2. The van der Waals surface area contributed by atoms with Crippen LogP contribution in [0.4, 0.5) is 5.69 Å². The third-order valence-electron chi connectivity index (χ3n) is 3.27. The lowest BCUT2D eigenvalue weighted by Crippen LogP contribution is -2.50. The van der Waals surface area contributed by atoms with E-state index >= 15 is 0 Å². The number of carbonyl (C=O) groups is 1. The smallest absolute Gasteiger partial charge is 0.258 e. The van der Waals surface area contributed by atoms with Crippen LogP contribution in [0.5, 0.6) is 0 Å². The van der Waals surface area contributed by atoms with Crippen molar-refractivity contribution in [3.63, 3.8) is 0 Å². The summed E-state index contributed by atoms with van der Waals surface area (Å²) in [5, 5.41) is -0.810. The molecule has 116 valence electrons. The molecule has 0 spiro atoms. The van der Waals surface area contributed by atoms with Gasteiger partial charge in [-0.2, -0.15) is 11.8 Å². The van der Waals surface area contributed by atoms with Crippen LogP contribution in [0.15, 0.2) is 12.3 Å². The lowest BCUT2D eigenvalue weighted by atomic mass is 10.2. The highest BCUT2D eigenvalue weighted by atomic mass is 32.2. The summed E-state index contributed by atoms with van der Waals surface area (Å²) in [5.41, 5.74) is 3.91. The van der Waals surface area contributed by atoms with E-state index in [2.05, 4.69) is 10.4 Å². The largest absolute Gasteiger partial charge is 0.323 e. The molecule has 1 fully saturated rings. The normalized spacial score (nSPS) is 19.4. The van der Waals surface area contributed by atoms with Gasteiger partial charge < -0.3 is 10.3 Å². The third kappa shape index (κ3) is 3.47. The summed E-state index contributed by atoms with van der Waals surface area (Å²) in [6.45, 7) is 2.17. The van der Waals surface area contributed by atoms with E-state index in [0.29, 0.717) is 29.4 Å². The molecule has 1 atom stereocenters. The summed E-state index contributed by atoms with van der Waals surface area (Å²) in [7, 11) is -3.34. The summed E-state index contributed by atoms with van der Waals surface area (Å²) >= 11 is 1.53. The van der Waals surface area contributed by atoms with Crippen LogP contribution in [0.25, 0.3) is 0 Å². The molecule has 1 aliphatic heterocycles. The molecular formula is C12H18N4O3S2. The fourth-order valence-electron chi connectivity index (χ4n) is 2.17. The van der Waals surface area contributed by atoms with Gasteiger partial charge in [0, 0.05) is 36.2 Å². The molecule has 1 unspecified atom stereocenters. The maximum absolute atomic E-state index is 12.7. The van der Waals surface area contributed by atoms with Crippen LogP contribution in [0.3, 0.4) is 0 Å². The Morgan fingerprint density at radius 2 is 2.29 bits per heavy atom. The molecule has 0 aliphatic carbocycles. The molecule has 21 heavy (non-hydrogen) atoms. The van der Waals surface area contributed by atoms with Gasteiger partial charge in [0.25, 0.3) is 5.91 Å². The summed E-state index contributed by atoms with van der Waals surface area (Å²) in [5.74, 6) is 6.16. The summed E-state index contributed by atoms with van der Waals surface area (Å²) < 4.78 is 23.8. The molecule has 9 heteroatoms. The Kier molecular flexibility index (Phi) is 4.74. The van der Waals surface area contributed by atoms with Gasteiger partial charge in [-0.15, -0.1) is 0 Å². The Balaban J connectivity index is 2.38. The molecule has 2 rings (SSSR count). The zero-order valence-corrected chi connectivity index (χ0v) is 13.5. The van der Waals surface area contributed by atoms with Crippen LogP contribution in [-0.4, -0.2) is 53.9 Å². The van der Waals surface area contributed by atoms with Crippen molar-refractivity contribution in [2.45, 2.75) is 12.3 Å². The Bertz CT molecular complexity index is 648. The Labute approximate surface area is 128 Å². The van der Waals surface area contributed by atoms with Crippen LogP contribution in [0.1, 0.15) is 16.1 Å². The second-order valence-corrected chi connectivity index (χ2v) is 8.23. The summed E-state index contributed by atoms with van der Waals surface area (Å²) in [4.78, 5) is 18.1. The van der Waals surface area contributed by atoms with Crippen LogP contribution in [0, 0.1) is 6.92 Å². The molecular weight excluding hydrogens is 312 g/mol. The number of aryl methyl sites for hydroxylation is 1. The highest BCUT2D eigenvalue weighted by Crippen LogP contribution is 2.24. The topological polar surface area (TPSA) is 105 Å². The highest BCUT2D eigenvalue weighted by molar-refractivity contribution is 8.00. The van der Waals surface area contributed by atoms with E-state index < -0.39 is 15.2 Å². The molecule has 1 aromatic heterocycles. The second kappa shape index (κ2) is 6.20. The van der Waals surface area contributed by atoms with Crippen molar-refractivity contribution in [3.8, 4) is 0 Å². The van der Waals surface area contributed by atoms with E-state index in [4.69, 9.17) is 5.84 Å². The van der Waals surface area contributed by atoms with Crippen molar-refractivity contribution in [3.05, 3.63) is 23.5 Å². The van der Waals surface area contributed by atoms with Crippen molar-refractivity contribution in [1.82, 2.24) is 9.88 Å². The molecule has 0 bridgehead atoms. The number of thioether (sulfide) groups is 1. The third-order valence-corrected chi connectivity index (χ3v) is 5.91. The van der Waals surface area contributed by atoms with Crippen molar-refractivity contribution in [2.75, 3.05) is 29.7 Å². The molecule has 0 saturated carbocycles. The first-order valence-electron chi connectivity index (χ1n) is 6.35. The average molecular weight is 330 g/mol. The van der Waals surface area contributed by atoms with Crippen molar-refractivity contribution in [1.29, 1.82) is 0 Å². The van der Waals surface area contributed by atoms with Gasteiger partial charge in [-0.3, -0.25) is 15.6 Å². The van der Waals surface area contributed by atoms with Gasteiger partial charge in [0.15, 0.2) is 9.84 Å². The second-order valence-electron chi connectivity index (χ2n) is 4.87. The maximum atomic E-state index is 12.7. The number of nitrogen functional groups attached to an aromatic ring is 1. The fraction of sp³-hybridized carbons (Fsp3) is 0.500. The predicted octanol–water partition coefficient (Wildman–Crippen LogP) is 0.235. The zero-order chi connectivity index (χ0) is 15.6. The summed E-state index contributed by atoms with van der Waals surface area (Å²) in [6, 6.07) is 1.65. The van der Waals surface area contributed by atoms with Gasteiger partial charge in [-0.1, -0.05) is 0 Å². The molecule has 3 N–H and O–H groups in total. The number of amides is 1. The maximum Gasteiger partial charge on any atom is 0.258 e. The lowest BCUT2D eigenvalue weighted by Gasteiger charge is -2.34. The first kappa shape index (κ1) is 16.1. The molecule has 7 nitrogen and oxygen atoms in total. The van der Waals surface area contributed by atoms with E-state index in [-0.39, 0.29) is 11.5 Å². The Hall–Kier alpha value is -1.32. The number of rotatable bonds is 3. The number of anilines is 1. The van der Waals surface area contributed by atoms with Crippen molar-refractivity contribution >= 4 is 33.2 Å². The molecule has 0 radical (unpaired) electrons. The fourth-order valence-corrected chi connectivity index (χ4v) is 4.99. The van der Waals surface area contributed by atoms with Crippen LogP contribution >= 0.6 is 11.8 Å². The lowest BCUT2D eigenvalue weighted by molar-refractivity contribution is 0.0750. The molecule has 1 saturated heterocycles. The minimum absolute atomic E-state index is 0.281. The monoisotopic (exact) mass is 330 g/mol. The van der Waals surface area contributed by atoms with Gasteiger partial charge >= 0.3 is 0 Å². The number of carbonyl (C=O) groups excluding carboxylic acids is 1. The van der Waals surface area contributed by atoms with E-state index in [0.717, 1.165) is 6.26 Å². The molecule has 1 aliphatic rings. The first-order valence-corrected chi connectivity index (χ1v) is 9.46.